The van der Waals surface area contributed by atoms with Gasteiger partial charge < -0.3 is 10.2 Å². The number of aromatic nitrogens is 4. The highest BCUT2D eigenvalue weighted by Crippen LogP contribution is 2.39. The van der Waals surface area contributed by atoms with Crippen LogP contribution in [0.3, 0.4) is 0 Å². The van der Waals surface area contributed by atoms with Crippen LogP contribution in [0.4, 0.5) is 14.5 Å². The summed E-state index contributed by atoms with van der Waals surface area (Å²) in [7, 11) is 0. The molecule has 2 N–H and O–H groups in total. The number of imidazole rings is 1. The summed E-state index contributed by atoms with van der Waals surface area (Å²) in [6.45, 7) is 7.05. The first kappa shape index (κ1) is 20.1. The Morgan fingerprint density at radius 2 is 2.20 bits per heavy atom. The van der Waals surface area contributed by atoms with Crippen molar-refractivity contribution < 1.29 is 8.78 Å². The van der Waals surface area contributed by atoms with Crippen molar-refractivity contribution in [2.24, 2.45) is 0 Å². The number of nitrogens with one attached hydrogen (secondary N) is 2. The summed E-state index contributed by atoms with van der Waals surface area (Å²) in [5.74, 6) is 0. The molecule has 7 nitrogen and oxygen atoms in total. The van der Waals surface area contributed by atoms with Crippen LogP contribution in [-0.2, 0) is 0 Å². The van der Waals surface area contributed by atoms with Gasteiger partial charge in [0.1, 0.15) is 5.69 Å². The Labute approximate surface area is 181 Å². The third-order valence-corrected chi connectivity index (χ3v) is 7.54. The summed E-state index contributed by atoms with van der Waals surface area (Å²) >= 11 is 2.52. The van der Waals surface area contributed by atoms with Crippen molar-refractivity contribution in [3.63, 3.8) is 0 Å². The third-order valence-electron chi connectivity index (χ3n) is 5.53. The number of anilines is 1. The van der Waals surface area contributed by atoms with E-state index in [4.69, 9.17) is 0 Å². The summed E-state index contributed by atoms with van der Waals surface area (Å²) in [6, 6.07) is 2.54. The summed E-state index contributed by atoms with van der Waals surface area (Å²) in [5, 5.41) is 11.3. The van der Waals surface area contributed by atoms with Crippen molar-refractivity contribution in [1.29, 1.82) is 0 Å². The lowest BCUT2D eigenvalue weighted by molar-refractivity contribution is 0.150. The molecule has 1 aliphatic heterocycles. The number of hydrogen-bond acceptors (Lipinski definition) is 8. The zero-order valence-electron chi connectivity index (χ0n) is 16.7. The first-order valence-corrected chi connectivity index (χ1v) is 11.6. The predicted molar refractivity (Wildman–Crippen MR) is 115 cm³/mol. The van der Waals surface area contributed by atoms with Gasteiger partial charge in [-0.1, -0.05) is 11.3 Å². The molecule has 30 heavy (non-hydrogen) atoms. The van der Waals surface area contributed by atoms with Crippen molar-refractivity contribution in [3.8, 4) is 10.7 Å². The highest BCUT2D eigenvalue weighted by molar-refractivity contribution is 7.97. The Bertz CT molecular complexity index is 1060. The maximum Gasteiger partial charge on any atom is 0.291 e. The van der Waals surface area contributed by atoms with E-state index in [-0.39, 0.29) is 10.5 Å². The van der Waals surface area contributed by atoms with Gasteiger partial charge in [-0.05, 0) is 44.7 Å². The van der Waals surface area contributed by atoms with Gasteiger partial charge in [0, 0.05) is 42.3 Å². The van der Waals surface area contributed by atoms with E-state index < -0.39 is 6.43 Å². The van der Waals surface area contributed by atoms with Gasteiger partial charge in [-0.2, -0.15) is 0 Å². The average molecular weight is 452 g/mol. The lowest BCUT2D eigenvalue weighted by Gasteiger charge is -2.34. The lowest BCUT2D eigenvalue weighted by atomic mass is 10.2. The highest BCUT2D eigenvalue weighted by atomic mass is 32.2. The van der Waals surface area contributed by atoms with E-state index in [9.17, 15) is 8.78 Å². The van der Waals surface area contributed by atoms with E-state index in [2.05, 4.69) is 50.0 Å². The molecule has 4 heterocycles. The zero-order chi connectivity index (χ0) is 20.9. The average Bonchev–Trinajstić information content (AvgIpc) is 3.12. The minimum Gasteiger partial charge on any atom is -0.366 e. The lowest BCUT2D eigenvalue weighted by Crippen LogP contribution is -2.49. The van der Waals surface area contributed by atoms with Crippen LogP contribution < -0.4 is 14.9 Å². The number of pyridine rings is 1. The van der Waals surface area contributed by atoms with E-state index in [1.165, 1.54) is 12.8 Å². The molecule has 3 aromatic rings. The maximum absolute atomic E-state index is 13.0. The van der Waals surface area contributed by atoms with Crippen LogP contribution in [0.1, 0.15) is 38.1 Å². The SMILES string of the molecule is CC1CN(c2cc(SNC3(C)CC3)cn3c(-c4nnc(C(F)F)s4)cnc23)CCN1. The molecular weight excluding hydrogens is 428 g/mol. The topological polar surface area (TPSA) is 70.4 Å². The second-order valence-electron chi connectivity index (χ2n) is 8.21. The molecule has 2 fully saturated rings. The smallest absolute Gasteiger partial charge is 0.291 e. The normalized spacial score (nSPS) is 21.0. The molecule has 3 aromatic heterocycles. The number of fused-ring (bicyclic) bond motifs is 1. The van der Waals surface area contributed by atoms with Gasteiger partial charge in [-0.25, -0.2) is 13.8 Å². The third kappa shape index (κ3) is 3.91. The minimum absolute atomic E-state index is 0.187. The fourth-order valence-electron chi connectivity index (χ4n) is 3.54. The van der Waals surface area contributed by atoms with Gasteiger partial charge in [0.25, 0.3) is 6.43 Å². The van der Waals surface area contributed by atoms with Gasteiger partial charge in [-0.15, -0.1) is 10.2 Å². The molecule has 0 radical (unpaired) electrons. The molecule has 5 rings (SSSR count). The molecule has 0 bridgehead atoms. The van der Waals surface area contributed by atoms with Crippen molar-refractivity contribution in [3.05, 3.63) is 23.5 Å². The fraction of sp³-hybridized carbons (Fsp3) is 0.526. The van der Waals surface area contributed by atoms with Crippen LogP contribution in [0, 0.1) is 0 Å². The molecule has 2 aliphatic rings. The molecule has 1 atom stereocenters. The highest BCUT2D eigenvalue weighted by Gasteiger charge is 2.37. The Morgan fingerprint density at radius 3 is 2.90 bits per heavy atom. The first-order chi connectivity index (χ1) is 14.4. The van der Waals surface area contributed by atoms with E-state index in [0.29, 0.717) is 16.7 Å². The van der Waals surface area contributed by atoms with E-state index >= 15 is 0 Å². The molecular formula is C19H23F2N7S2. The molecule has 0 spiro atoms. The molecule has 1 saturated carbocycles. The molecule has 11 heteroatoms. The predicted octanol–water partition coefficient (Wildman–Crippen LogP) is 3.74. The van der Waals surface area contributed by atoms with Gasteiger partial charge in [0.05, 0.1) is 11.9 Å². The van der Waals surface area contributed by atoms with Crippen LogP contribution >= 0.6 is 23.3 Å². The van der Waals surface area contributed by atoms with E-state index in [1.54, 1.807) is 18.1 Å². The number of rotatable bonds is 6. The second kappa shape index (κ2) is 7.70. The molecule has 1 unspecified atom stereocenters. The van der Waals surface area contributed by atoms with Gasteiger partial charge in [0.15, 0.2) is 15.7 Å². The van der Waals surface area contributed by atoms with Crippen LogP contribution in [0.15, 0.2) is 23.4 Å². The Kier molecular flexibility index (Phi) is 5.16. The van der Waals surface area contributed by atoms with E-state index in [1.807, 2.05) is 10.6 Å². The standard InChI is InChI=1S/C19H23F2N7S2/c1-11-9-27(6-5-22-11)13-7-12(30-26-19(2)3-4-19)10-28-14(8-23-16(13)28)17-24-25-18(29-17)15(20)21/h7-8,10-11,15,22,26H,3-6,9H2,1-2H3. The maximum atomic E-state index is 13.0. The summed E-state index contributed by atoms with van der Waals surface area (Å²) in [6.07, 6.45) is 3.41. The fourth-order valence-corrected chi connectivity index (χ4v) is 5.14. The molecule has 160 valence electrons. The zero-order valence-corrected chi connectivity index (χ0v) is 18.4. The van der Waals surface area contributed by atoms with Crippen LogP contribution in [-0.4, -0.2) is 50.8 Å². The first-order valence-electron chi connectivity index (χ1n) is 9.97. The van der Waals surface area contributed by atoms with Crippen molar-refractivity contribution in [2.75, 3.05) is 24.5 Å². The van der Waals surface area contributed by atoms with Crippen LogP contribution in [0.25, 0.3) is 16.3 Å². The van der Waals surface area contributed by atoms with Gasteiger partial charge >= 0.3 is 0 Å². The summed E-state index contributed by atoms with van der Waals surface area (Å²) in [4.78, 5) is 8.02. The number of halogens is 2. The van der Waals surface area contributed by atoms with Gasteiger partial charge in [-0.3, -0.25) is 9.12 Å². The number of alkyl halides is 2. The quantitative estimate of drug-likeness (QED) is 0.553. The van der Waals surface area contributed by atoms with Crippen molar-refractivity contribution >= 4 is 34.6 Å². The molecule has 1 aliphatic carbocycles. The Morgan fingerprint density at radius 1 is 1.37 bits per heavy atom. The summed E-state index contributed by atoms with van der Waals surface area (Å²) < 4.78 is 31.6. The minimum atomic E-state index is -2.62. The number of piperazine rings is 1. The monoisotopic (exact) mass is 451 g/mol. The van der Waals surface area contributed by atoms with Gasteiger partial charge in [0.2, 0.25) is 0 Å². The van der Waals surface area contributed by atoms with Crippen LogP contribution in [0.5, 0.6) is 0 Å². The Balaban J connectivity index is 1.57. The summed E-state index contributed by atoms with van der Waals surface area (Å²) in [5.41, 5.74) is 2.71. The molecule has 0 aromatic carbocycles. The van der Waals surface area contributed by atoms with Crippen molar-refractivity contribution in [2.45, 2.75) is 49.6 Å². The molecule has 1 saturated heterocycles. The van der Waals surface area contributed by atoms with Crippen molar-refractivity contribution in [1.82, 2.24) is 29.6 Å². The number of hydrogen-bond donors (Lipinski definition) is 2. The Hall–Kier alpha value is -1.82. The molecule has 0 amide bonds. The number of nitrogens with zero attached hydrogens (tertiary/aromatic N) is 5. The van der Waals surface area contributed by atoms with Crippen LogP contribution in [0.2, 0.25) is 0 Å². The largest absolute Gasteiger partial charge is 0.366 e. The second-order valence-corrected chi connectivity index (χ2v) is 10.1. The van der Waals surface area contributed by atoms with E-state index in [0.717, 1.165) is 47.2 Å².